The van der Waals surface area contributed by atoms with Crippen molar-refractivity contribution in [2.75, 3.05) is 0 Å². The Balaban J connectivity index is 2.82. The summed E-state index contributed by atoms with van der Waals surface area (Å²) in [7, 11) is 0. The molecule has 0 unspecified atom stereocenters. The summed E-state index contributed by atoms with van der Waals surface area (Å²) < 4.78 is 0. The zero-order chi connectivity index (χ0) is 10.8. The van der Waals surface area contributed by atoms with Gasteiger partial charge in [0.25, 0.3) is 0 Å². The number of aldehydes is 1. The Kier molecular flexibility index (Phi) is 2.55. The SMILES string of the molecule is Cc1cc2ccccc2c(CC=O)c1C. The Bertz CT molecular complexity index is 512. The molecule has 0 radical (unpaired) electrons. The van der Waals surface area contributed by atoms with E-state index in [4.69, 9.17) is 0 Å². The van der Waals surface area contributed by atoms with Crippen LogP contribution in [0.25, 0.3) is 10.8 Å². The molecule has 76 valence electrons. The maximum absolute atomic E-state index is 10.7. The van der Waals surface area contributed by atoms with Gasteiger partial charge in [0.05, 0.1) is 0 Å². The summed E-state index contributed by atoms with van der Waals surface area (Å²) in [4.78, 5) is 10.7. The zero-order valence-electron chi connectivity index (χ0n) is 9.08. The average molecular weight is 198 g/mol. The van der Waals surface area contributed by atoms with E-state index in [-0.39, 0.29) is 0 Å². The van der Waals surface area contributed by atoms with Gasteiger partial charge < -0.3 is 4.79 Å². The number of carbonyl (C=O) groups excluding carboxylic acids is 1. The minimum Gasteiger partial charge on any atom is -0.303 e. The van der Waals surface area contributed by atoms with Gasteiger partial charge in [-0.1, -0.05) is 30.3 Å². The number of hydrogen-bond donors (Lipinski definition) is 0. The Morgan fingerprint density at radius 2 is 1.93 bits per heavy atom. The lowest BCUT2D eigenvalue weighted by Crippen LogP contribution is -1.95. The van der Waals surface area contributed by atoms with Gasteiger partial charge in [0.2, 0.25) is 0 Å². The lowest BCUT2D eigenvalue weighted by atomic mass is 9.94. The molecule has 0 heterocycles. The molecule has 1 heteroatoms. The number of aryl methyl sites for hydroxylation is 1. The molecular weight excluding hydrogens is 184 g/mol. The highest BCUT2D eigenvalue weighted by Crippen LogP contribution is 2.25. The lowest BCUT2D eigenvalue weighted by molar-refractivity contribution is -0.107. The van der Waals surface area contributed by atoms with E-state index >= 15 is 0 Å². The van der Waals surface area contributed by atoms with Crippen molar-refractivity contribution in [2.45, 2.75) is 20.3 Å². The van der Waals surface area contributed by atoms with Gasteiger partial charge in [-0.25, -0.2) is 0 Å². The van der Waals surface area contributed by atoms with Crippen molar-refractivity contribution in [1.82, 2.24) is 0 Å². The predicted molar refractivity (Wildman–Crippen MR) is 63.2 cm³/mol. The first kappa shape index (κ1) is 9.91. The van der Waals surface area contributed by atoms with Crippen LogP contribution < -0.4 is 0 Å². The van der Waals surface area contributed by atoms with E-state index in [0.717, 1.165) is 6.29 Å². The maximum atomic E-state index is 10.7. The molecule has 0 saturated heterocycles. The highest BCUT2D eigenvalue weighted by atomic mass is 16.1. The van der Waals surface area contributed by atoms with Gasteiger partial charge in [0.1, 0.15) is 6.29 Å². The van der Waals surface area contributed by atoms with Crippen LogP contribution in [0.5, 0.6) is 0 Å². The van der Waals surface area contributed by atoms with E-state index in [1.54, 1.807) is 0 Å². The first-order valence-electron chi connectivity index (χ1n) is 5.15. The molecule has 1 nitrogen and oxygen atoms in total. The van der Waals surface area contributed by atoms with Crippen molar-refractivity contribution < 1.29 is 4.79 Å². The largest absolute Gasteiger partial charge is 0.303 e. The van der Waals surface area contributed by atoms with Crippen LogP contribution in [-0.4, -0.2) is 6.29 Å². The van der Waals surface area contributed by atoms with Gasteiger partial charge in [0, 0.05) is 6.42 Å². The molecule has 2 aromatic carbocycles. The fourth-order valence-electron chi connectivity index (χ4n) is 2.03. The van der Waals surface area contributed by atoms with Gasteiger partial charge in [-0.15, -0.1) is 0 Å². The molecule has 2 aromatic rings. The number of benzene rings is 2. The summed E-state index contributed by atoms with van der Waals surface area (Å²) in [5.74, 6) is 0. The van der Waals surface area contributed by atoms with Crippen LogP contribution in [0.1, 0.15) is 16.7 Å². The second-order valence-corrected chi connectivity index (χ2v) is 3.89. The Morgan fingerprint density at radius 1 is 1.20 bits per heavy atom. The van der Waals surface area contributed by atoms with Gasteiger partial charge in [-0.2, -0.15) is 0 Å². The van der Waals surface area contributed by atoms with Crippen molar-refractivity contribution in [2.24, 2.45) is 0 Å². The number of rotatable bonds is 2. The lowest BCUT2D eigenvalue weighted by Gasteiger charge is -2.10. The molecule has 0 aliphatic carbocycles. The molecule has 0 saturated carbocycles. The quantitative estimate of drug-likeness (QED) is 0.677. The van der Waals surface area contributed by atoms with Crippen LogP contribution in [-0.2, 0) is 11.2 Å². The topological polar surface area (TPSA) is 17.1 Å². The van der Waals surface area contributed by atoms with E-state index in [2.05, 4.69) is 32.0 Å². The number of carbonyl (C=O) groups is 1. The van der Waals surface area contributed by atoms with Gasteiger partial charge in [0.15, 0.2) is 0 Å². The highest BCUT2D eigenvalue weighted by molar-refractivity contribution is 5.89. The zero-order valence-corrected chi connectivity index (χ0v) is 9.08. The molecule has 0 atom stereocenters. The monoisotopic (exact) mass is 198 g/mol. The maximum Gasteiger partial charge on any atom is 0.124 e. The molecule has 0 amide bonds. The second kappa shape index (κ2) is 3.85. The number of hydrogen-bond acceptors (Lipinski definition) is 1. The second-order valence-electron chi connectivity index (χ2n) is 3.89. The van der Waals surface area contributed by atoms with Crippen molar-refractivity contribution in [3.8, 4) is 0 Å². The molecule has 2 rings (SSSR count). The standard InChI is InChI=1S/C14H14O/c1-10-9-12-5-3-4-6-14(12)13(7-8-15)11(10)2/h3-6,8-9H,7H2,1-2H3. The first-order chi connectivity index (χ1) is 7.24. The summed E-state index contributed by atoms with van der Waals surface area (Å²) >= 11 is 0. The third-order valence-corrected chi connectivity index (χ3v) is 2.99. The third kappa shape index (κ3) is 1.65. The fourth-order valence-corrected chi connectivity index (χ4v) is 2.03. The van der Waals surface area contributed by atoms with Crippen LogP contribution >= 0.6 is 0 Å². The van der Waals surface area contributed by atoms with Crippen molar-refractivity contribution in [1.29, 1.82) is 0 Å². The summed E-state index contributed by atoms with van der Waals surface area (Å²) in [6, 6.07) is 10.4. The summed E-state index contributed by atoms with van der Waals surface area (Å²) in [6.07, 6.45) is 1.49. The minimum absolute atomic E-state index is 0.508. The predicted octanol–water partition coefficient (Wildman–Crippen LogP) is 3.20. The van der Waals surface area contributed by atoms with Crippen LogP contribution in [0.3, 0.4) is 0 Å². The molecule has 0 N–H and O–H groups in total. The van der Waals surface area contributed by atoms with Crippen molar-refractivity contribution >= 4 is 17.1 Å². The third-order valence-electron chi connectivity index (χ3n) is 2.99. The molecule has 0 aliphatic heterocycles. The summed E-state index contributed by atoms with van der Waals surface area (Å²) in [6.45, 7) is 4.18. The molecule has 15 heavy (non-hydrogen) atoms. The van der Waals surface area contributed by atoms with E-state index in [1.165, 1.54) is 27.5 Å². The van der Waals surface area contributed by atoms with Crippen LogP contribution in [0, 0.1) is 13.8 Å². The Morgan fingerprint density at radius 3 is 2.67 bits per heavy atom. The van der Waals surface area contributed by atoms with Crippen LogP contribution in [0.4, 0.5) is 0 Å². The van der Waals surface area contributed by atoms with Gasteiger partial charge >= 0.3 is 0 Å². The normalized spacial score (nSPS) is 10.5. The van der Waals surface area contributed by atoms with E-state index in [9.17, 15) is 4.79 Å². The molecule has 0 aliphatic rings. The molecule has 0 bridgehead atoms. The van der Waals surface area contributed by atoms with Crippen molar-refractivity contribution in [3.05, 3.63) is 47.0 Å². The molecular formula is C14H14O. The van der Waals surface area contributed by atoms with Crippen LogP contribution in [0.15, 0.2) is 30.3 Å². The average Bonchev–Trinajstić information content (AvgIpc) is 2.25. The minimum atomic E-state index is 0.508. The van der Waals surface area contributed by atoms with Gasteiger partial charge in [-0.05, 0) is 41.3 Å². The van der Waals surface area contributed by atoms with E-state index < -0.39 is 0 Å². The molecule has 0 aromatic heterocycles. The van der Waals surface area contributed by atoms with E-state index in [1.807, 2.05) is 12.1 Å². The smallest absolute Gasteiger partial charge is 0.124 e. The first-order valence-corrected chi connectivity index (χ1v) is 5.15. The van der Waals surface area contributed by atoms with Gasteiger partial charge in [-0.3, -0.25) is 0 Å². The summed E-state index contributed by atoms with van der Waals surface area (Å²) in [5.41, 5.74) is 3.66. The fraction of sp³-hybridized carbons (Fsp3) is 0.214. The molecule has 0 spiro atoms. The Hall–Kier alpha value is -1.63. The van der Waals surface area contributed by atoms with E-state index in [0.29, 0.717) is 6.42 Å². The van der Waals surface area contributed by atoms with Crippen LogP contribution in [0.2, 0.25) is 0 Å². The number of fused-ring (bicyclic) bond motifs is 1. The van der Waals surface area contributed by atoms with Crippen molar-refractivity contribution in [3.63, 3.8) is 0 Å². The highest BCUT2D eigenvalue weighted by Gasteiger charge is 2.06. The Labute approximate surface area is 89.7 Å². The summed E-state index contributed by atoms with van der Waals surface area (Å²) in [5, 5.41) is 2.42. The molecule has 0 fully saturated rings.